The van der Waals surface area contributed by atoms with Gasteiger partial charge in [-0.3, -0.25) is 9.59 Å². The summed E-state index contributed by atoms with van der Waals surface area (Å²) in [4.78, 5) is 29.8. The molecule has 2 aromatic carbocycles. The van der Waals surface area contributed by atoms with E-state index in [1.165, 1.54) is 0 Å². The smallest absolute Gasteiger partial charge is 0.253 e. The first-order valence-corrected chi connectivity index (χ1v) is 9.66. The van der Waals surface area contributed by atoms with E-state index in [0.29, 0.717) is 18.7 Å². The molecule has 1 fully saturated rings. The SMILES string of the molecule is COc1ccc(C(=O)C2CCCN(C(=O)c3ccc(N(C)C)cc3)C2)c(C)c1. The first-order valence-electron chi connectivity index (χ1n) is 9.66. The lowest BCUT2D eigenvalue weighted by Crippen LogP contribution is -2.42. The van der Waals surface area contributed by atoms with Crippen LogP contribution in [0.25, 0.3) is 0 Å². The highest BCUT2D eigenvalue weighted by atomic mass is 16.5. The molecule has 0 saturated carbocycles. The van der Waals surface area contributed by atoms with Crippen LogP contribution in [-0.4, -0.2) is 50.9 Å². The quantitative estimate of drug-likeness (QED) is 0.740. The van der Waals surface area contributed by atoms with E-state index in [-0.39, 0.29) is 17.6 Å². The summed E-state index contributed by atoms with van der Waals surface area (Å²) in [6.45, 7) is 3.09. The van der Waals surface area contributed by atoms with Gasteiger partial charge < -0.3 is 14.5 Å². The predicted molar refractivity (Wildman–Crippen MR) is 111 cm³/mol. The molecule has 1 atom stereocenters. The lowest BCUT2D eigenvalue weighted by molar-refractivity contribution is 0.0637. The van der Waals surface area contributed by atoms with Crippen LogP contribution in [-0.2, 0) is 0 Å². The van der Waals surface area contributed by atoms with Crippen LogP contribution in [0.3, 0.4) is 0 Å². The van der Waals surface area contributed by atoms with Crippen molar-refractivity contribution in [3.8, 4) is 5.75 Å². The van der Waals surface area contributed by atoms with Crippen LogP contribution < -0.4 is 9.64 Å². The third-order valence-electron chi connectivity index (χ3n) is 5.41. The highest BCUT2D eigenvalue weighted by molar-refractivity contribution is 6.00. The number of Topliss-reactive ketones (excluding diaryl/α,β-unsaturated/α-hetero) is 1. The van der Waals surface area contributed by atoms with Crippen molar-refractivity contribution >= 4 is 17.4 Å². The zero-order valence-corrected chi connectivity index (χ0v) is 17.1. The summed E-state index contributed by atoms with van der Waals surface area (Å²) < 4.78 is 5.23. The third-order valence-corrected chi connectivity index (χ3v) is 5.41. The number of hydrogen-bond acceptors (Lipinski definition) is 4. The van der Waals surface area contributed by atoms with Gasteiger partial charge in [-0.15, -0.1) is 0 Å². The largest absolute Gasteiger partial charge is 0.497 e. The third kappa shape index (κ3) is 4.19. The Morgan fingerprint density at radius 1 is 1.11 bits per heavy atom. The predicted octanol–water partition coefficient (Wildman–Crippen LogP) is 3.80. The summed E-state index contributed by atoms with van der Waals surface area (Å²) in [5.74, 6) is 0.691. The molecular formula is C23H28N2O3. The number of rotatable bonds is 5. The van der Waals surface area contributed by atoms with Crippen LogP contribution in [0.4, 0.5) is 5.69 Å². The Kier molecular flexibility index (Phi) is 6.02. The monoisotopic (exact) mass is 380 g/mol. The molecule has 28 heavy (non-hydrogen) atoms. The standard InChI is InChI=1S/C23H28N2O3/c1-16-14-20(28-4)11-12-21(16)22(26)18-6-5-13-25(15-18)23(27)17-7-9-19(10-8-17)24(2)3/h7-12,14,18H,5-6,13,15H2,1-4H3. The van der Waals surface area contributed by atoms with Gasteiger partial charge in [0.25, 0.3) is 5.91 Å². The lowest BCUT2D eigenvalue weighted by atomic mass is 9.88. The van der Waals surface area contributed by atoms with Gasteiger partial charge in [-0.2, -0.15) is 0 Å². The fourth-order valence-corrected chi connectivity index (χ4v) is 3.72. The first-order chi connectivity index (χ1) is 13.4. The maximum atomic E-state index is 13.1. The summed E-state index contributed by atoms with van der Waals surface area (Å²) in [5, 5.41) is 0. The van der Waals surface area contributed by atoms with Crippen molar-refractivity contribution in [2.75, 3.05) is 39.2 Å². The van der Waals surface area contributed by atoms with Crippen LogP contribution >= 0.6 is 0 Å². The van der Waals surface area contributed by atoms with E-state index in [1.807, 2.05) is 73.3 Å². The maximum Gasteiger partial charge on any atom is 0.253 e. The number of ketones is 1. The summed E-state index contributed by atoms with van der Waals surface area (Å²) in [7, 11) is 5.56. The Morgan fingerprint density at radius 2 is 1.82 bits per heavy atom. The minimum Gasteiger partial charge on any atom is -0.497 e. The summed E-state index contributed by atoms with van der Waals surface area (Å²) in [6.07, 6.45) is 1.65. The van der Waals surface area contributed by atoms with Crippen molar-refractivity contribution in [3.05, 3.63) is 59.2 Å². The minimum absolute atomic E-state index is 0.00532. The Balaban J connectivity index is 1.72. The minimum atomic E-state index is -0.161. The second-order valence-electron chi connectivity index (χ2n) is 7.58. The zero-order chi connectivity index (χ0) is 20.3. The van der Waals surface area contributed by atoms with Crippen molar-refractivity contribution < 1.29 is 14.3 Å². The average molecular weight is 380 g/mol. The number of aryl methyl sites for hydroxylation is 1. The molecule has 5 heteroatoms. The van der Waals surface area contributed by atoms with Gasteiger partial charge >= 0.3 is 0 Å². The number of nitrogens with zero attached hydrogens (tertiary/aromatic N) is 2. The van der Waals surface area contributed by atoms with Crippen molar-refractivity contribution in [1.82, 2.24) is 4.90 Å². The molecule has 0 aliphatic carbocycles. The van der Waals surface area contributed by atoms with Gasteiger partial charge in [0.15, 0.2) is 5.78 Å². The summed E-state index contributed by atoms with van der Waals surface area (Å²) in [6, 6.07) is 13.1. The van der Waals surface area contributed by atoms with Crippen LogP contribution in [0.1, 0.15) is 39.1 Å². The van der Waals surface area contributed by atoms with Crippen molar-refractivity contribution in [3.63, 3.8) is 0 Å². The molecule has 148 valence electrons. The molecule has 0 aromatic heterocycles. The first kappa shape index (κ1) is 19.9. The number of ether oxygens (including phenoxy) is 1. The van der Waals surface area contributed by atoms with Gasteiger partial charge in [-0.25, -0.2) is 0 Å². The molecule has 1 aliphatic heterocycles. The van der Waals surface area contributed by atoms with Gasteiger partial charge in [-0.05, 0) is 67.8 Å². The number of hydrogen-bond donors (Lipinski definition) is 0. The Hall–Kier alpha value is -2.82. The summed E-state index contributed by atoms with van der Waals surface area (Å²) in [5.41, 5.74) is 3.35. The van der Waals surface area contributed by atoms with Gasteiger partial charge in [0, 0.05) is 49.9 Å². The number of methoxy groups -OCH3 is 1. The molecule has 1 amide bonds. The van der Waals surface area contributed by atoms with Gasteiger partial charge in [0.2, 0.25) is 0 Å². The number of likely N-dealkylation sites (tertiary alicyclic amines) is 1. The van der Waals surface area contributed by atoms with Crippen LogP contribution in [0.5, 0.6) is 5.75 Å². The molecule has 1 unspecified atom stereocenters. The van der Waals surface area contributed by atoms with E-state index in [9.17, 15) is 9.59 Å². The number of carbonyl (C=O) groups excluding carboxylic acids is 2. The van der Waals surface area contributed by atoms with Gasteiger partial charge in [0.05, 0.1) is 7.11 Å². The molecule has 0 N–H and O–H groups in total. The van der Waals surface area contributed by atoms with E-state index in [1.54, 1.807) is 7.11 Å². The fourth-order valence-electron chi connectivity index (χ4n) is 3.72. The molecule has 5 nitrogen and oxygen atoms in total. The number of piperidine rings is 1. The topological polar surface area (TPSA) is 49.9 Å². The van der Waals surface area contributed by atoms with Gasteiger partial charge in [-0.1, -0.05) is 0 Å². The van der Waals surface area contributed by atoms with E-state index in [4.69, 9.17) is 4.74 Å². The summed E-state index contributed by atoms with van der Waals surface area (Å²) >= 11 is 0. The molecule has 0 radical (unpaired) electrons. The number of carbonyl (C=O) groups is 2. The van der Waals surface area contributed by atoms with Gasteiger partial charge in [0.1, 0.15) is 5.75 Å². The maximum absolute atomic E-state index is 13.1. The Morgan fingerprint density at radius 3 is 2.43 bits per heavy atom. The molecule has 1 aliphatic rings. The zero-order valence-electron chi connectivity index (χ0n) is 17.1. The average Bonchev–Trinajstić information content (AvgIpc) is 2.72. The van der Waals surface area contributed by atoms with E-state index >= 15 is 0 Å². The molecule has 1 heterocycles. The van der Waals surface area contributed by atoms with Crippen molar-refractivity contribution in [1.29, 1.82) is 0 Å². The molecule has 3 rings (SSSR count). The second-order valence-corrected chi connectivity index (χ2v) is 7.58. The molecule has 0 spiro atoms. The van der Waals surface area contributed by atoms with Crippen LogP contribution in [0, 0.1) is 12.8 Å². The molecule has 1 saturated heterocycles. The number of amides is 1. The van der Waals surface area contributed by atoms with Crippen molar-refractivity contribution in [2.45, 2.75) is 19.8 Å². The Bertz CT molecular complexity index is 859. The van der Waals surface area contributed by atoms with E-state index in [2.05, 4.69) is 0 Å². The highest BCUT2D eigenvalue weighted by Crippen LogP contribution is 2.26. The number of anilines is 1. The molecule has 2 aromatic rings. The highest BCUT2D eigenvalue weighted by Gasteiger charge is 2.30. The van der Waals surface area contributed by atoms with Crippen LogP contribution in [0.2, 0.25) is 0 Å². The lowest BCUT2D eigenvalue weighted by Gasteiger charge is -2.32. The van der Waals surface area contributed by atoms with E-state index in [0.717, 1.165) is 35.4 Å². The van der Waals surface area contributed by atoms with Crippen LogP contribution in [0.15, 0.2) is 42.5 Å². The molecular weight excluding hydrogens is 352 g/mol. The van der Waals surface area contributed by atoms with E-state index < -0.39 is 0 Å². The van der Waals surface area contributed by atoms with Crippen molar-refractivity contribution in [2.24, 2.45) is 5.92 Å². The molecule has 0 bridgehead atoms. The number of benzene rings is 2. The Labute approximate surface area is 166 Å². The second kappa shape index (κ2) is 8.46. The normalized spacial score (nSPS) is 16.6. The fraction of sp³-hybridized carbons (Fsp3) is 0.391.